The molecular formula is C15H16ClNO2. The zero-order valence-electron chi connectivity index (χ0n) is 10.8. The Morgan fingerprint density at radius 3 is 2.68 bits per heavy atom. The molecule has 100 valence electrons. The lowest BCUT2D eigenvalue weighted by Crippen LogP contribution is -2.12. The Morgan fingerprint density at radius 2 is 2.00 bits per heavy atom. The average molecular weight is 278 g/mol. The summed E-state index contributed by atoms with van der Waals surface area (Å²) in [4.78, 5) is 11.7. The monoisotopic (exact) mass is 277 g/mol. The van der Waals surface area contributed by atoms with Crippen LogP contribution in [0.15, 0.2) is 42.6 Å². The molecule has 0 bridgehead atoms. The zero-order chi connectivity index (χ0) is 13.7. The summed E-state index contributed by atoms with van der Waals surface area (Å²) >= 11 is 5.85. The second kappa shape index (κ2) is 6.43. The number of hydrogen-bond acceptors (Lipinski definition) is 2. The first-order valence-corrected chi connectivity index (χ1v) is 6.65. The Hall–Kier alpha value is -1.74. The van der Waals surface area contributed by atoms with Crippen LogP contribution in [0.1, 0.15) is 23.0 Å². The third-order valence-electron chi connectivity index (χ3n) is 2.87. The van der Waals surface area contributed by atoms with Gasteiger partial charge in [-0.25, -0.2) is 4.79 Å². The van der Waals surface area contributed by atoms with Crippen LogP contribution in [0.5, 0.6) is 0 Å². The van der Waals surface area contributed by atoms with E-state index < -0.39 is 0 Å². The Kier molecular flexibility index (Phi) is 4.63. The first kappa shape index (κ1) is 13.7. The predicted molar refractivity (Wildman–Crippen MR) is 75.5 cm³/mol. The normalized spacial score (nSPS) is 10.4. The van der Waals surface area contributed by atoms with Crippen molar-refractivity contribution >= 4 is 17.6 Å². The fraction of sp³-hybridized carbons (Fsp3) is 0.267. The molecule has 0 radical (unpaired) electrons. The summed E-state index contributed by atoms with van der Waals surface area (Å²) in [6.07, 6.45) is 2.74. The highest BCUT2D eigenvalue weighted by Crippen LogP contribution is 2.12. The molecule has 0 fully saturated rings. The molecule has 0 amide bonds. The number of nitrogens with zero attached hydrogens (tertiary/aromatic N) is 1. The Balaban J connectivity index is 2.02. The number of hydrogen-bond donors (Lipinski definition) is 0. The number of aromatic nitrogens is 1. The minimum absolute atomic E-state index is 0.274. The van der Waals surface area contributed by atoms with E-state index >= 15 is 0 Å². The summed E-state index contributed by atoms with van der Waals surface area (Å²) in [5.74, 6) is -0.274. The number of halogens is 1. The molecule has 19 heavy (non-hydrogen) atoms. The van der Waals surface area contributed by atoms with Gasteiger partial charge in [0.05, 0.1) is 6.61 Å². The number of aryl methyl sites for hydroxylation is 2. The molecule has 0 saturated heterocycles. The van der Waals surface area contributed by atoms with Crippen molar-refractivity contribution in [3.8, 4) is 0 Å². The van der Waals surface area contributed by atoms with Gasteiger partial charge < -0.3 is 9.30 Å². The van der Waals surface area contributed by atoms with E-state index in [0.717, 1.165) is 18.0 Å². The van der Waals surface area contributed by atoms with E-state index in [4.69, 9.17) is 16.3 Å². The maximum Gasteiger partial charge on any atom is 0.354 e. The molecule has 2 aromatic rings. The fourth-order valence-corrected chi connectivity index (χ4v) is 2.03. The zero-order valence-corrected chi connectivity index (χ0v) is 11.6. The number of carbonyl (C=O) groups excluding carboxylic acids is 1. The second-order valence-corrected chi connectivity index (χ2v) is 4.62. The van der Waals surface area contributed by atoms with Crippen LogP contribution in [0.3, 0.4) is 0 Å². The Labute approximate surface area is 117 Å². The van der Waals surface area contributed by atoms with E-state index in [0.29, 0.717) is 12.3 Å². The highest BCUT2D eigenvalue weighted by molar-refractivity contribution is 6.30. The van der Waals surface area contributed by atoms with Crippen LogP contribution in [-0.2, 0) is 17.7 Å². The van der Waals surface area contributed by atoms with E-state index in [-0.39, 0.29) is 5.97 Å². The highest BCUT2D eigenvalue weighted by Gasteiger charge is 2.11. The molecule has 0 aliphatic carbocycles. The van der Waals surface area contributed by atoms with Crippen LogP contribution < -0.4 is 0 Å². The van der Waals surface area contributed by atoms with Crippen molar-refractivity contribution in [3.05, 3.63) is 58.9 Å². The maximum atomic E-state index is 11.7. The summed E-state index contributed by atoms with van der Waals surface area (Å²) in [7, 11) is 0. The SMILES string of the molecule is CCOC(=O)c1cccn1CCc1ccc(Cl)cc1. The van der Waals surface area contributed by atoms with Gasteiger partial charge >= 0.3 is 5.97 Å². The molecule has 1 aromatic carbocycles. The van der Waals surface area contributed by atoms with Gasteiger partial charge in [-0.15, -0.1) is 0 Å². The first-order chi connectivity index (χ1) is 9.20. The molecular weight excluding hydrogens is 262 g/mol. The third-order valence-corrected chi connectivity index (χ3v) is 3.12. The Morgan fingerprint density at radius 1 is 1.26 bits per heavy atom. The molecule has 1 aromatic heterocycles. The number of rotatable bonds is 5. The van der Waals surface area contributed by atoms with Crippen molar-refractivity contribution in [1.82, 2.24) is 4.57 Å². The van der Waals surface area contributed by atoms with Crippen LogP contribution in [0, 0.1) is 0 Å². The fourth-order valence-electron chi connectivity index (χ4n) is 1.90. The van der Waals surface area contributed by atoms with Crippen molar-refractivity contribution in [1.29, 1.82) is 0 Å². The van der Waals surface area contributed by atoms with Crippen LogP contribution >= 0.6 is 11.6 Å². The molecule has 0 N–H and O–H groups in total. The lowest BCUT2D eigenvalue weighted by atomic mass is 10.1. The van der Waals surface area contributed by atoms with E-state index in [1.54, 1.807) is 13.0 Å². The minimum atomic E-state index is -0.274. The van der Waals surface area contributed by atoms with Gasteiger partial charge in [0.15, 0.2) is 0 Å². The van der Waals surface area contributed by atoms with Crippen LogP contribution in [0.25, 0.3) is 0 Å². The molecule has 1 heterocycles. The highest BCUT2D eigenvalue weighted by atomic mass is 35.5. The maximum absolute atomic E-state index is 11.7. The van der Waals surface area contributed by atoms with Crippen LogP contribution in [0.2, 0.25) is 5.02 Å². The second-order valence-electron chi connectivity index (χ2n) is 4.18. The average Bonchev–Trinajstić information content (AvgIpc) is 2.87. The molecule has 4 heteroatoms. The number of ether oxygens (including phenoxy) is 1. The number of esters is 1. The molecule has 0 spiro atoms. The van der Waals surface area contributed by atoms with Crippen molar-refractivity contribution in [2.24, 2.45) is 0 Å². The van der Waals surface area contributed by atoms with Gasteiger partial charge in [-0.05, 0) is 43.2 Å². The summed E-state index contributed by atoms with van der Waals surface area (Å²) in [5.41, 5.74) is 1.78. The standard InChI is InChI=1S/C15H16ClNO2/c1-2-19-15(18)14-4-3-10-17(14)11-9-12-5-7-13(16)8-6-12/h3-8,10H,2,9,11H2,1H3. The molecule has 0 atom stereocenters. The quantitative estimate of drug-likeness (QED) is 0.783. The number of carbonyl (C=O) groups is 1. The van der Waals surface area contributed by atoms with E-state index in [2.05, 4.69) is 0 Å². The summed E-state index contributed by atoms with van der Waals surface area (Å²) in [6.45, 7) is 2.93. The topological polar surface area (TPSA) is 31.2 Å². The van der Waals surface area contributed by atoms with Crippen molar-refractivity contribution in [2.75, 3.05) is 6.61 Å². The molecule has 0 saturated carbocycles. The van der Waals surface area contributed by atoms with Gasteiger partial charge in [0.1, 0.15) is 5.69 Å². The van der Waals surface area contributed by atoms with Gasteiger partial charge in [0.2, 0.25) is 0 Å². The molecule has 0 aliphatic heterocycles. The lowest BCUT2D eigenvalue weighted by Gasteiger charge is -2.08. The largest absolute Gasteiger partial charge is 0.461 e. The van der Waals surface area contributed by atoms with E-state index in [1.807, 2.05) is 41.1 Å². The summed E-state index contributed by atoms with van der Waals surface area (Å²) in [6, 6.07) is 11.4. The van der Waals surface area contributed by atoms with Crippen molar-refractivity contribution < 1.29 is 9.53 Å². The van der Waals surface area contributed by atoms with Crippen LogP contribution in [-0.4, -0.2) is 17.1 Å². The van der Waals surface area contributed by atoms with Gasteiger partial charge in [0, 0.05) is 17.8 Å². The first-order valence-electron chi connectivity index (χ1n) is 6.27. The smallest absolute Gasteiger partial charge is 0.354 e. The third kappa shape index (κ3) is 3.61. The summed E-state index contributed by atoms with van der Waals surface area (Å²) < 4.78 is 6.93. The van der Waals surface area contributed by atoms with Gasteiger partial charge in [-0.3, -0.25) is 0 Å². The van der Waals surface area contributed by atoms with Gasteiger partial charge in [-0.1, -0.05) is 23.7 Å². The summed E-state index contributed by atoms with van der Waals surface area (Å²) in [5, 5.41) is 0.733. The van der Waals surface area contributed by atoms with Crippen molar-refractivity contribution in [3.63, 3.8) is 0 Å². The van der Waals surface area contributed by atoms with Crippen molar-refractivity contribution in [2.45, 2.75) is 19.9 Å². The van der Waals surface area contributed by atoms with E-state index in [9.17, 15) is 4.79 Å². The lowest BCUT2D eigenvalue weighted by molar-refractivity contribution is 0.0514. The predicted octanol–water partition coefficient (Wildman–Crippen LogP) is 3.56. The minimum Gasteiger partial charge on any atom is -0.461 e. The van der Waals surface area contributed by atoms with E-state index in [1.165, 1.54) is 5.56 Å². The number of benzene rings is 1. The molecule has 0 unspecified atom stereocenters. The Bertz CT molecular complexity index is 546. The van der Waals surface area contributed by atoms with Gasteiger partial charge in [0.25, 0.3) is 0 Å². The molecule has 0 aliphatic rings. The molecule has 3 nitrogen and oxygen atoms in total. The van der Waals surface area contributed by atoms with Crippen LogP contribution in [0.4, 0.5) is 0 Å². The molecule has 2 rings (SSSR count). The van der Waals surface area contributed by atoms with Gasteiger partial charge in [-0.2, -0.15) is 0 Å².